The monoisotopic (exact) mass is 788 g/mol. The normalized spacial score (nSPS) is 20.1. The van der Waals surface area contributed by atoms with Gasteiger partial charge in [0.15, 0.2) is 17.2 Å². The van der Waals surface area contributed by atoms with Crippen LogP contribution in [0.15, 0.2) is 66.9 Å². The van der Waals surface area contributed by atoms with Gasteiger partial charge in [-0.15, -0.1) is 10.2 Å². The average molecular weight is 789 g/mol. The summed E-state index contributed by atoms with van der Waals surface area (Å²) in [5.74, 6) is 1.14. The van der Waals surface area contributed by atoms with E-state index in [0.29, 0.717) is 47.9 Å². The molecule has 7 rings (SSSR count). The van der Waals surface area contributed by atoms with E-state index in [4.69, 9.17) is 18.8 Å². The standard InChI is InChI=1S/C40H49FN8O6S/c1-25-10-9-11-26(2)48(25)39-45-44-36-19-15-28(24-47(36)39)55-33-18-17-32(29-12-7-8-13-30(29)33)42-38(50)43-37-23-35(40(3,4)5)46-49(37)27-14-16-31(41)34(22-27)53-20-21-54-56(6,51)52/h7-8,12-16,19,22-26,32-33H,9-11,17-18,20-21H2,1-6H3,(H2,42,43,50)/t25-,26+,32-,33+/m0/s1. The van der Waals surface area contributed by atoms with E-state index in [0.717, 1.165) is 41.8 Å². The summed E-state index contributed by atoms with van der Waals surface area (Å²) in [6, 6.07) is 17.8. The SMILES string of the molecule is C[C@@H]1CCC[C@H](C)N1c1nnc2ccc(O[C@@H]3CC[C@H](NC(=O)Nc4cc(C(C)(C)C)nn4-c4ccc(F)c(OCCOS(C)(=O)=O)c4)c4ccccc43)cn12. The third-order valence-electron chi connectivity index (χ3n) is 10.3. The van der Waals surface area contributed by atoms with Crippen LogP contribution in [0.1, 0.15) is 95.7 Å². The average Bonchev–Trinajstić information content (AvgIpc) is 3.76. The second kappa shape index (κ2) is 15.7. The number of halogens is 1. The van der Waals surface area contributed by atoms with Crippen LogP contribution in [0, 0.1) is 5.82 Å². The van der Waals surface area contributed by atoms with E-state index in [2.05, 4.69) is 39.6 Å². The highest BCUT2D eigenvalue weighted by Gasteiger charge is 2.32. The summed E-state index contributed by atoms with van der Waals surface area (Å²) >= 11 is 0. The van der Waals surface area contributed by atoms with Gasteiger partial charge in [0.25, 0.3) is 10.1 Å². The molecule has 0 saturated carbocycles. The number of carbonyl (C=O) groups is 1. The van der Waals surface area contributed by atoms with Crippen molar-refractivity contribution in [2.24, 2.45) is 0 Å². The second-order valence-corrected chi connectivity index (χ2v) is 17.3. The molecule has 0 unspecified atom stereocenters. The molecular formula is C40H49FN8O6S. The Bertz CT molecular complexity index is 2310. The van der Waals surface area contributed by atoms with Crippen molar-refractivity contribution in [1.29, 1.82) is 0 Å². The summed E-state index contributed by atoms with van der Waals surface area (Å²) in [6.45, 7) is 10.0. The molecule has 4 heterocycles. The van der Waals surface area contributed by atoms with Gasteiger partial charge in [-0.05, 0) is 81.3 Å². The van der Waals surface area contributed by atoms with Crippen LogP contribution in [0.25, 0.3) is 11.3 Å². The van der Waals surface area contributed by atoms with Crippen LogP contribution in [0.3, 0.4) is 0 Å². The van der Waals surface area contributed by atoms with Crippen LogP contribution < -0.4 is 25.0 Å². The Morgan fingerprint density at radius 3 is 2.43 bits per heavy atom. The van der Waals surface area contributed by atoms with Crippen LogP contribution in [0.2, 0.25) is 0 Å². The maximum Gasteiger partial charge on any atom is 0.320 e. The fourth-order valence-corrected chi connectivity index (χ4v) is 7.89. The lowest BCUT2D eigenvalue weighted by Crippen LogP contribution is -2.44. The first-order valence-corrected chi connectivity index (χ1v) is 20.8. The number of benzene rings is 2. The van der Waals surface area contributed by atoms with E-state index >= 15 is 0 Å². The molecule has 14 nitrogen and oxygen atoms in total. The molecule has 2 aliphatic rings. The quantitative estimate of drug-likeness (QED) is 0.103. The molecule has 3 aromatic heterocycles. The summed E-state index contributed by atoms with van der Waals surface area (Å²) < 4.78 is 57.7. The molecule has 0 spiro atoms. The number of aromatic nitrogens is 5. The highest BCUT2D eigenvalue weighted by Crippen LogP contribution is 2.39. The van der Waals surface area contributed by atoms with Gasteiger partial charge in [-0.1, -0.05) is 45.0 Å². The summed E-state index contributed by atoms with van der Waals surface area (Å²) in [6.07, 6.45) is 7.38. The molecule has 0 bridgehead atoms. The molecule has 16 heteroatoms. The highest BCUT2D eigenvalue weighted by atomic mass is 32.2. The minimum absolute atomic E-state index is 0.119. The highest BCUT2D eigenvalue weighted by molar-refractivity contribution is 7.85. The fraction of sp³-hybridized carbons (Fsp3) is 0.450. The van der Waals surface area contributed by atoms with E-state index in [1.807, 2.05) is 67.8 Å². The number of urea groups is 1. The molecule has 56 heavy (non-hydrogen) atoms. The first-order chi connectivity index (χ1) is 26.6. The summed E-state index contributed by atoms with van der Waals surface area (Å²) in [7, 11) is -3.67. The van der Waals surface area contributed by atoms with E-state index < -0.39 is 22.0 Å². The molecule has 5 aromatic rings. The van der Waals surface area contributed by atoms with Crippen molar-refractivity contribution in [3.63, 3.8) is 0 Å². The number of carbonyl (C=O) groups excluding carboxylic acids is 1. The van der Waals surface area contributed by atoms with Crippen molar-refractivity contribution >= 4 is 33.6 Å². The Morgan fingerprint density at radius 2 is 1.70 bits per heavy atom. The summed E-state index contributed by atoms with van der Waals surface area (Å²) in [4.78, 5) is 16.1. The summed E-state index contributed by atoms with van der Waals surface area (Å²) in [5.41, 5.74) is 3.47. The molecule has 1 aliphatic carbocycles. The number of hydrogen-bond donors (Lipinski definition) is 2. The minimum atomic E-state index is -3.67. The van der Waals surface area contributed by atoms with Crippen LogP contribution in [-0.4, -0.2) is 70.4 Å². The lowest BCUT2D eigenvalue weighted by atomic mass is 9.85. The Kier molecular flexibility index (Phi) is 11.0. The number of nitrogens with one attached hydrogen (secondary N) is 2. The second-order valence-electron chi connectivity index (χ2n) is 15.7. The zero-order valence-electron chi connectivity index (χ0n) is 32.5. The van der Waals surface area contributed by atoms with Crippen molar-refractivity contribution in [1.82, 2.24) is 29.7 Å². The molecule has 2 N–H and O–H groups in total. The van der Waals surface area contributed by atoms with Crippen molar-refractivity contribution in [3.8, 4) is 17.2 Å². The molecule has 1 aliphatic heterocycles. The summed E-state index contributed by atoms with van der Waals surface area (Å²) in [5, 5.41) is 19.9. The largest absolute Gasteiger partial charge is 0.488 e. The number of rotatable bonds is 11. The molecule has 1 fully saturated rings. The number of pyridine rings is 1. The number of fused-ring (bicyclic) bond motifs is 2. The van der Waals surface area contributed by atoms with E-state index in [-0.39, 0.29) is 36.5 Å². The van der Waals surface area contributed by atoms with Crippen molar-refractivity contribution < 1.29 is 31.3 Å². The van der Waals surface area contributed by atoms with Gasteiger partial charge in [-0.25, -0.2) is 13.9 Å². The van der Waals surface area contributed by atoms with E-state index in [9.17, 15) is 17.6 Å². The van der Waals surface area contributed by atoms with Gasteiger partial charge >= 0.3 is 6.03 Å². The smallest absolute Gasteiger partial charge is 0.320 e. The van der Waals surface area contributed by atoms with Gasteiger partial charge in [-0.2, -0.15) is 13.5 Å². The molecule has 2 amide bonds. The van der Waals surface area contributed by atoms with Gasteiger partial charge in [-0.3, -0.25) is 13.9 Å². The van der Waals surface area contributed by atoms with Gasteiger partial charge in [0.05, 0.1) is 29.9 Å². The molecular weight excluding hydrogens is 740 g/mol. The Labute approximate surface area is 326 Å². The third-order valence-corrected chi connectivity index (χ3v) is 10.9. The van der Waals surface area contributed by atoms with E-state index in [1.165, 1.54) is 29.3 Å². The van der Waals surface area contributed by atoms with Crippen LogP contribution in [-0.2, 0) is 19.7 Å². The lowest BCUT2D eigenvalue weighted by molar-refractivity contribution is 0.171. The zero-order valence-corrected chi connectivity index (χ0v) is 33.3. The number of amides is 2. The van der Waals surface area contributed by atoms with Gasteiger partial charge < -0.3 is 19.7 Å². The lowest BCUT2D eigenvalue weighted by Gasteiger charge is -2.39. The molecule has 0 radical (unpaired) electrons. The number of hydrogen-bond acceptors (Lipinski definition) is 10. The van der Waals surface area contributed by atoms with Gasteiger partial charge in [0, 0.05) is 29.6 Å². The predicted molar refractivity (Wildman–Crippen MR) is 211 cm³/mol. The first kappa shape index (κ1) is 39.0. The number of anilines is 2. The minimum Gasteiger partial charge on any atom is -0.488 e. The van der Waals surface area contributed by atoms with Crippen LogP contribution >= 0.6 is 0 Å². The number of ether oxygens (including phenoxy) is 2. The van der Waals surface area contributed by atoms with Crippen molar-refractivity contribution in [2.75, 3.05) is 29.7 Å². The van der Waals surface area contributed by atoms with Crippen LogP contribution in [0.5, 0.6) is 11.5 Å². The van der Waals surface area contributed by atoms with Gasteiger partial charge in [0.2, 0.25) is 5.95 Å². The number of piperidine rings is 1. The van der Waals surface area contributed by atoms with Crippen molar-refractivity contribution in [2.45, 2.75) is 96.4 Å². The maximum atomic E-state index is 14.7. The molecule has 1 saturated heterocycles. The van der Waals surface area contributed by atoms with E-state index in [1.54, 1.807) is 6.07 Å². The molecule has 2 aromatic carbocycles. The first-order valence-electron chi connectivity index (χ1n) is 19.0. The molecule has 4 atom stereocenters. The zero-order chi connectivity index (χ0) is 39.8. The third kappa shape index (κ3) is 8.60. The van der Waals surface area contributed by atoms with Crippen LogP contribution in [0.4, 0.5) is 21.0 Å². The number of nitrogens with zero attached hydrogens (tertiary/aromatic N) is 6. The fourth-order valence-electron chi connectivity index (χ4n) is 7.52. The maximum absolute atomic E-state index is 14.7. The van der Waals surface area contributed by atoms with Gasteiger partial charge in [0.1, 0.15) is 30.9 Å². The Balaban J connectivity index is 1.07. The predicted octanol–water partition coefficient (Wildman–Crippen LogP) is 7.25. The Hall–Kier alpha value is -5.22. The molecule has 298 valence electrons. The van der Waals surface area contributed by atoms with Crippen molar-refractivity contribution in [3.05, 3.63) is 89.5 Å². The topological polar surface area (TPSA) is 154 Å². The Morgan fingerprint density at radius 1 is 0.946 bits per heavy atom.